The molecule has 0 saturated carbocycles. The van der Waals surface area contributed by atoms with Gasteiger partial charge in [-0.3, -0.25) is 9.19 Å². The minimum absolute atomic E-state index is 0.0868. The van der Waals surface area contributed by atoms with Gasteiger partial charge in [0, 0.05) is 41.0 Å². The Hall–Kier alpha value is -2.35. The van der Waals surface area contributed by atoms with E-state index in [1.807, 2.05) is 24.3 Å². The molecule has 0 aliphatic rings. The van der Waals surface area contributed by atoms with Crippen LogP contribution >= 0.6 is 0 Å². The first kappa shape index (κ1) is 16.5. The van der Waals surface area contributed by atoms with Crippen molar-refractivity contribution < 1.29 is 17.9 Å². The van der Waals surface area contributed by atoms with Crippen molar-refractivity contribution in [1.29, 1.82) is 0 Å². The lowest BCUT2D eigenvalue weighted by molar-refractivity contribution is 0.415. The van der Waals surface area contributed by atoms with Gasteiger partial charge in [-0.1, -0.05) is 12.1 Å². The monoisotopic (exact) mass is 345 g/mol. The van der Waals surface area contributed by atoms with Crippen molar-refractivity contribution in [2.45, 2.75) is 6.54 Å². The fraction of sp³-hybridized carbons (Fsp3) is 0.118. The van der Waals surface area contributed by atoms with Crippen molar-refractivity contribution in [3.63, 3.8) is 0 Å². The number of nitrogens with zero attached hydrogens (tertiary/aromatic N) is 1. The molecule has 24 heavy (non-hydrogen) atoms. The number of hydrogen-bond acceptors (Lipinski definition) is 4. The lowest BCUT2D eigenvalue weighted by Gasteiger charge is -2.11. The number of benzene rings is 2. The van der Waals surface area contributed by atoms with Crippen molar-refractivity contribution in [3.8, 4) is 16.9 Å². The molecule has 5 nitrogen and oxygen atoms in total. The van der Waals surface area contributed by atoms with Crippen LogP contribution in [-0.2, 0) is 17.8 Å². The zero-order chi connectivity index (χ0) is 17.1. The number of ether oxygens (including phenoxy) is 1. The molecule has 0 aliphatic heterocycles. The van der Waals surface area contributed by atoms with Gasteiger partial charge in [-0.2, -0.15) is 0 Å². The zero-order valence-electron chi connectivity index (χ0n) is 12.8. The Morgan fingerprint density at radius 3 is 2.79 bits per heavy atom. The molecule has 3 rings (SSSR count). The van der Waals surface area contributed by atoms with Crippen LogP contribution in [0.2, 0.25) is 0 Å². The minimum Gasteiger partial charge on any atom is -0.760 e. The van der Waals surface area contributed by atoms with E-state index in [9.17, 15) is 13.2 Å². The molecular weight excluding hydrogens is 331 g/mol. The third kappa shape index (κ3) is 3.43. The molecular formula is C17H14FN2O3S-. The van der Waals surface area contributed by atoms with Gasteiger partial charge in [-0.15, -0.1) is 0 Å². The topological polar surface area (TPSA) is 74.3 Å². The second-order valence-electron chi connectivity index (χ2n) is 5.10. The third-order valence-electron chi connectivity index (χ3n) is 3.69. The first-order valence-electron chi connectivity index (χ1n) is 7.13. The van der Waals surface area contributed by atoms with Gasteiger partial charge in [-0.05, 0) is 35.4 Å². The van der Waals surface area contributed by atoms with Gasteiger partial charge in [-0.25, -0.2) is 9.11 Å². The molecule has 0 aliphatic carbocycles. The lowest BCUT2D eigenvalue weighted by atomic mass is 10.00. The minimum atomic E-state index is -2.42. The van der Waals surface area contributed by atoms with E-state index in [4.69, 9.17) is 4.74 Å². The average molecular weight is 345 g/mol. The Morgan fingerprint density at radius 2 is 2.08 bits per heavy atom. The largest absolute Gasteiger partial charge is 0.760 e. The highest BCUT2D eigenvalue weighted by Crippen LogP contribution is 2.30. The van der Waals surface area contributed by atoms with E-state index in [0.717, 1.165) is 16.5 Å². The quantitative estimate of drug-likeness (QED) is 0.722. The molecule has 7 heteroatoms. The van der Waals surface area contributed by atoms with Crippen LogP contribution in [0.25, 0.3) is 22.0 Å². The number of halogens is 1. The molecule has 1 atom stereocenters. The van der Waals surface area contributed by atoms with E-state index in [1.165, 1.54) is 6.07 Å². The van der Waals surface area contributed by atoms with Crippen LogP contribution in [0.1, 0.15) is 5.56 Å². The van der Waals surface area contributed by atoms with E-state index in [2.05, 4.69) is 9.71 Å². The maximum absolute atomic E-state index is 14.2. The summed E-state index contributed by atoms with van der Waals surface area (Å²) in [4.78, 5) is 4.31. The van der Waals surface area contributed by atoms with Crippen LogP contribution in [0.15, 0.2) is 48.7 Å². The summed E-state index contributed by atoms with van der Waals surface area (Å²) in [5, 5.41) is 0.879. The van der Waals surface area contributed by atoms with Gasteiger partial charge in [0.1, 0.15) is 11.6 Å². The Bertz CT molecular complexity index is 917. The second kappa shape index (κ2) is 7.04. The average Bonchev–Trinajstić information content (AvgIpc) is 2.59. The Morgan fingerprint density at radius 1 is 1.25 bits per heavy atom. The maximum Gasteiger partial charge on any atom is 0.128 e. The molecule has 2 aromatic carbocycles. The molecule has 0 saturated heterocycles. The molecule has 0 bridgehead atoms. The SMILES string of the molecule is COc1ccc2c(-c3ccc(CNS(=O)[O-])c(F)c3)ccnc2c1. The third-order valence-corrected chi connectivity index (χ3v) is 4.07. The summed E-state index contributed by atoms with van der Waals surface area (Å²) in [5.74, 6) is 0.231. The lowest BCUT2D eigenvalue weighted by Crippen LogP contribution is -2.16. The summed E-state index contributed by atoms with van der Waals surface area (Å²) in [7, 11) is 1.59. The number of rotatable bonds is 5. The highest BCUT2D eigenvalue weighted by Gasteiger charge is 2.09. The Labute approximate surface area is 140 Å². The highest BCUT2D eigenvalue weighted by atomic mass is 32.2. The van der Waals surface area contributed by atoms with Crippen molar-refractivity contribution in [3.05, 3.63) is 60.0 Å². The first-order valence-corrected chi connectivity index (χ1v) is 8.20. The van der Waals surface area contributed by atoms with Crippen LogP contribution in [-0.4, -0.2) is 20.9 Å². The molecule has 0 amide bonds. The smallest absolute Gasteiger partial charge is 0.128 e. The van der Waals surface area contributed by atoms with E-state index < -0.39 is 17.1 Å². The van der Waals surface area contributed by atoms with Crippen LogP contribution < -0.4 is 9.46 Å². The first-order chi connectivity index (χ1) is 11.6. The van der Waals surface area contributed by atoms with E-state index >= 15 is 0 Å². The van der Waals surface area contributed by atoms with Gasteiger partial charge < -0.3 is 9.29 Å². The molecule has 124 valence electrons. The number of pyridine rings is 1. The zero-order valence-corrected chi connectivity index (χ0v) is 13.6. The van der Waals surface area contributed by atoms with Crippen LogP contribution in [0.3, 0.4) is 0 Å². The number of aromatic nitrogens is 1. The Kier molecular flexibility index (Phi) is 4.84. The summed E-state index contributed by atoms with van der Waals surface area (Å²) in [6, 6.07) is 12.1. The molecule has 0 spiro atoms. The Balaban J connectivity index is 2.01. The molecule has 0 fully saturated rings. The van der Waals surface area contributed by atoms with E-state index in [-0.39, 0.29) is 12.1 Å². The summed E-state index contributed by atoms with van der Waals surface area (Å²) in [6.45, 7) is -0.0868. The van der Waals surface area contributed by atoms with Crippen LogP contribution in [0.5, 0.6) is 5.75 Å². The van der Waals surface area contributed by atoms with Crippen LogP contribution in [0.4, 0.5) is 4.39 Å². The highest BCUT2D eigenvalue weighted by molar-refractivity contribution is 7.77. The maximum atomic E-state index is 14.2. The summed E-state index contributed by atoms with van der Waals surface area (Å²) >= 11 is -2.42. The van der Waals surface area contributed by atoms with Crippen LogP contribution in [0, 0.1) is 5.82 Å². The van der Waals surface area contributed by atoms with Crippen molar-refractivity contribution >= 4 is 22.2 Å². The van der Waals surface area contributed by atoms with Gasteiger partial charge in [0.2, 0.25) is 0 Å². The van der Waals surface area contributed by atoms with Gasteiger partial charge in [0.15, 0.2) is 0 Å². The second-order valence-corrected chi connectivity index (χ2v) is 5.86. The summed E-state index contributed by atoms with van der Waals surface area (Å²) in [5.41, 5.74) is 2.56. The number of methoxy groups -OCH3 is 1. The van der Waals surface area contributed by atoms with Crippen molar-refractivity contribution in [2.24, 2.45) is 0 Å². The van der Waals surface area contributed by atoms with Crippen molar-refractivity contribution in [1.82, 2.24) is 9.71 Å². The normalized spacial score (nSPS) is 12.3. The summed E-state index contributed by atoms with van der Waals surface area (Å²) < 4.78 is 42.6. The molecule has 1 unspecified atom stereocenters. The fourth-order valence-corrected chi connectivity index (χ4v) is 2.77. The van der Waals surface area contributed by atoms with Gasteiger partial charge in [0.25, 0.3) is 0 Å². The van der Waals surface area contributed by atoms with Gasteiger partial charge in [0.05, 0.1) is 12.6 Å². The van der Waals surface area contributed by atoms with E-state index in [1.54, 1.807) is 25.4 Å². The van der Waals surface area contributed by atoms with E-state index in [0.29, 0.717) is 11.3 Å². The number of fused-ring (bicyclic) bond motifs is 1. The molecule has 1 aromatic heterocycles. The fourth-order valence-electron chi connectivity index (χ4n) is 2.50. The summed E-state index contributed by atoms with van der Waals surface area (Å²) in [6.07, 6.45) is 1.66. The number of nitrogens with one attached hydrogen (secondary N) is 1. The standard InChI is InChI=1S/C17H15FN2O3S/c1-23-13-4-5-15-14(6-7-19-17(15)9-13)11-2-3-12(16(18)8-11)10-20-24(21)22/h2-9,20H,10H2,1H3,(H,21,22)/p-1. The van der Waals surface area contributed by atoms with Gasteiger partial charge >= 0.3 is 0 Å². The predicted octanol–water partition coefficient (Wildman–Crippen LogP) is 2.93. The molecule has 1 heterocycles. The molecule has 1 N–H and O–H groups in total. The number of hydrogen-bond donors (Lipinski definition) is 1. The van der Waals surface area contributed by atoms with Crippen molar-refractivity contribution in [2.75, 3.05) is 7.11 Å². The molecule has 0 radical (unpaired) electrons. The molecule has 3 aromatic rings. The predicted molar refractivity (Wildman–Crippen MR) is 89.4 cm³/mol.